The summed E-state index contributed by atoms with van der Waals surface area (Å²) in [6.07, 6.45) is 2.17. The predicted molar refractivity (Wildman–Crippen MR) is 89.1 cm³/mol. The monoisotopic (exact) mass is 321 g/mol. The second-order valence-electron chi connectivity index (χ2n) is 5.36. The highest BCUT2D eigenvalue weighted by molar-refractivity contribution is 5.67. The second-order valence-corrected chi connectivity index (χ2v) is 5.36. The molecule has 0 aliphatic rings. The molecule has 0 saturated carbocycles. The molecule has 7 nitrogen and oxygen atoms in total. The smallest absolute Gasteiger partial charge is 0.223 e. The number of nitrogen functional groups attached to an aromatic ring is 1. The van der Waals surface area contributed by atoms with Crippen LogP contribution in [0.3, 0.4) is 0 Å². The Labute approximate surface area is 137 Å². The molecular formula is C17H15N5O2. The number of nitrogens with two attached hydrogens (primary N) is 1. The van der Waals surface area contributed by atoms with Gasteiger partial charge in [-0.05, 0) is 30.2 Å². The van der Waals surface area contributed by atoms with E-state index in [1.165, 1.54) is 4.52 Å². The summed E-state index contributed by atoms with van der Waals surface area (Å²) in [5.74, 6) is 1.28. The summed E-state index contributed by atoms with van der Waals surface area (Å²) in [7, 11) is 0. The molecule has 0 radical (unpaired) electrons. The largest absolute Gasteiger partial charge is 0.461 e. The average Bonchev–Trinajstić information content (AvgIpc) is 3.24. The predicted octanol–water partition coefficient (Wildman–Crippen LogP) is 2.17. The number of aliphatic hydroxyl groups excluding tert-OH is 1. The summed E-state index contributed by atoms with van der Waals surface area (Å²) >= 11 is 0. The molecule has 0 spiro atoms. The Bertz CT molecular complexity index is 992. The molecule has 0 saturated heterocycles. The minimum Gasteiger partial charge on any atom is -0.461 e. The molecule has 24 heavy (non-hydrogen) atoms. The summed E-state index contributed by atoms with van der Waals surface area (Å²) in [5, 5.41) is 13.4. The molecule has 4 aromatic rings. The van der Waals surface area contributed by atoms with E-state index in [-0.39, 0.29) is 12.6 Å². The van der Waals surface area contributed by atoms with Gasteiger partial charge in [0, 0.05) is 18.2 Å². The van der Waals surface area contributed by atoms with Gasteiger partial charge in [-0.15, -0.1) is 5.10 Å². The number of fused-ring (bicyclic) bond motifs is 1. The third-order valence-corrected chi connectivity index (χ3v) is 3.71. The molecular weight excluding hydrogens is 306 g/mol. The number of aromatic nitrogens is 4. The normalized spacial score (nSPS) is 11.2. The van der Waals surface area contributed by atoms with Gasteiger partial charge in [0.15, 0.2) is 11.4 Å². The summed E-state index contributed by atoms with van der Waals surface area (Å²) in [5.41, 5.74) is 9.29. The SMILES string of the molecule is Nc1nc(-c2cccc(CCO)c2)cc2nc(-c3ccco3)nn12. The van der Waals surface area contributed by atoms with Crippen LogP contribution in [0.25, 0.3) is 28.5 Å². The van der Waals surface area contributed by atoms with E-state index in [2.05, 4.69) is 15.1 Å². The molecule has 3 N–H and O–H groups in total. The zero-order chi connectivity index (χ0) is 16.5. The zero-order valence-corrected chi connectivity index (χ0v) is 12.8. The van der Waals surface area contributed by atoms with Crippen LogP contribution in [0.5, 0.6) is 0 Å². The first-order chi connectivity index (χ1) is 11.7. The quantitative estimate of drug-likeness (QED) is 0.597. The number of anilines is 1. The summed E-state index contributed by atoms with van der Waals surface area (Å²) in [6, 6.07) is 13.2. The van der Waals surface area contributed by atoms with Crippen LogP contribution in [0, 0.1) is 0 Å². The molecule has 0 aliphatic heterocycles. The highest BCUT2D eigenvalue weighted by atomic mass is 16.3. The van der Waals surface area contributed by atoms with E-state index in [4.69, 9.17) is 15.3 Å². The van der Waals surface area contributed by atoms with E-state index in [1.54, 1.807) is 18.4 Å². The number of hydrogen-bond acceptors (Lipinski definition) is 6. The van der Waals surface area contributed by atoms with Gasteiger partial charge >= 0.3 is 0 Å². The van der Waals surface area contributed by atoms with Crippen LogP contribution in [0.15, 0.2) is 53.1 Å². The third-order valence-electron chi connectivity index (χ3n) is 3.71. The van der Waals surface area contributed by atoms with Crippen molar-refractivity contribution in [1.29, 1.82) is 0 Å². The van der Waals surface area contributed by atoms with Crippen LogP contribution in [-0.2, 0) is 6.42 Å². The zero-order valence-electron chi connectivity index (χ0n) is 12.8. The Morgan fingerprint density at radius 3 is 2.83 bits per heavy atom. The van der Waals surface area contributed by atoms with E-state index in [9.17, 15) is 0 Å². The fourth-order valence-electron chi connectivity index (χ4n) is 2.58. The number of furan rings is 1. The molecule has 3 aromatic heterocycles. The van der Waals surface area contributed by atoms with Crippen LogP contribution in [0.4, 0.5) is 5.95 Å². The molecule has 0 amide bonds. The number of hydrogen-bond donors (Lipinski definition) is 2. The molecule has 3 heterocycles. The number of nitrogens with zero attached hydrogens (tertiary/aromatic N) is 4. The molecule has 0 bridgehead atoms. The number of benzene rings is 1. The van der Waals surface area contributed by atoms with E-state index >= 15 is 0 Å². The molecule has 1 aromatic carbocycles. The van der Waals surface area contributed by atoms with Crippen molar-refractivity contribution in [1.82, 2.24) is 19.6 Å². The molecule has 0 fully saturated rings. The van der Waals surface area contributed by atoms with Gasteiger partial charge in [0.1, 0.15) is 0 Å². The van der Waals surface area contributed by atoms with Gasteiger partial charge in [-0.25, -0.2) is 9.97 Å². The maximum atomic E-state index is 9.09. The van der Waals surface area contributed by atoms with Gasteiger partial charge < -0.3 is 15.3 Å². The van der Waals surface area contributed by atoms with Crippen molar-refractivity contribution in [3.63, 3.8) is 0 Å². The molecule has 4 rings (SSSR count). The lowest BCUT2D eigenvalue weighted by molar-refractivity contribution is 0.299. The number of rotatable bonds is 4. The van der Waals surface area contributed by atoms with Gasteiger partial charge in [-0.1, -0.05) is 18.2 Å². The lowest BCUT2D eigenvalue weighted by atomic mass is 10.1. The van der Waals surface area contributed by atoms with E-state index in [0.717, 1.165) is 11.1 Å². The summed E-state index contributed by atoms with van der Waals surface area (Å²) in [4.78, 5) is 8.87. The van der Waals surface area contributed by atoms with Gasteiger partial charge in [-0.3, -0.25) is 0 Å². The second kappa shape index (κ2) is 5.78. The van der Waals surface area contributed by atoms with Crippen molar-refractivity contribution in [2.45, 2.75) is 6.42 Å². The molecule has 7 heteroatoms. The Morgan fingerprint density at radius 2 is 2.04 bits per heavy atom. The van der Waals surface area contributed by atoms with Crippen molar-refractivity contribution in [2.75, 3.05) is 12.3 Å². The van der Waals surface area contributed by atoms with Crippen molar-refractivity contribution in [3.8, 4) is 22.8 Å². The first-order valence-electron chi connectivity index (χ1n) is 7.52. The number of aliphatic hydroxyl groups is 1. The fourth-order valence-corrected chi connectivity index (χ4v) is 2.58. The maximum absolute atomic E-state index is 9.09. The van der Waals surface area contributed by atoms with Crippen LogP contribution in [0.1, 0.15) is 5.56 Å². The van der Waals surface area contributed by atoms with Crippen LogP contribution in [-0.4, -0.2) is 31.3 Å². The minimum absolute atomic E-state index is 0.106. The summed E-state index contributed by atoms with van der Waals surface area (Å²) < 4.78 is 6.81. The van der Waals surface area contributed by atoms with Crippen LogP contribution >= 0.6 is 0 Å². The Hall–Kier alpha value is -3.19. The van der Waals surface area contributed by atoms with Gasteiger partial charge in [0.05, 0.1) is 12.0 Å². The molecule has 0 aliphatic carbocycles. The minimum atomic E-state index is 0.106. The first-order valence-corrected chi connectivity index (χ1v) is 7.52. The van der Waals surface area contributed by atoms with Crippen LogP contribution in [0.2, 0.25) is 0 Å². The van der Waals surface area contributed by atoms with Crippen molar-refractivity contribution in [2.24, 2.45) is 0 Å². The van der Waals surface area contributed by atoms with E-state index in [0.29, 0.717) is 29.3 Å². The molecule has 0 unspecified atom stereocenters. The Balaban J connectivity index is 1.81. The standard InChI is InChI=1S/C17H15N5O2/c18-17-19-13(12-4-1-3-11(9-12)6-7-23)10-15-20-16(21-22(15)17)14-5-2-8-24-14/h1-5,8-10,23H,6-7H2,(H2,18,19). The molecule has 120 valence electrons. The highest BCUT2D eigenvalue weighted by Crippen LogP contribution is 2.23. The van der Waals surface area contributed by atoms with Crippen LogP contribution < -0.4 is 5.73 Å². The fraction of sp³-hybridized carbons (Fsp3) is 0.118. The van der Waals surface area contributed by atoms with E-state index in [1.807, 2.05) is 30.3 Å². The van der Waals surface area contributed by atoms with Crippen molar-refractivity contribution < 1.29 is 9.52 Å². The van der Waals surface area contributed by atoms with E-state index < -0.39 is 0 Å². The van der Waals surface area contributed by atoms with Gasteiger partial charge in [0.25, 0.3) is 0 Å². The lowest BCUT2D eigenvalue weighted by Crippen LogP contribution is -2.03. The Morgan fingerprint density at radius 1 is 1.12 bits per heavy atom. The van der Waals surface area contributed by atoms with Gasteiger partial charge in [0.2, 0.25) is 11.8 Å². The summed E-state index contributed by atoms with van der Waals surface area (Å²) in [6.45, 7) is 0.106. The van der Waals surface area contributed by atoms with Crippen molar-refractivity contribution in [3.05, 3.63) is 54.3 Å². The topological polar surface area (TPSA) is 102 Å². The highest BCUT2D eigenvalue weighted by Gasteiger charge is 2.13. The van der Waals surface area contributed by atoms with Crippen molar-refractivity contribution >= 4 is 11.6 Å². The van der Waals surface area contributed by atoms with Gasteiger partial charge in [-0.2, -0.15) is 4.52 Å². The average molecular weight is 321 g/mol. The molecule has 0 atom stereocenters. The Kier molecular flexibility index (Phi) is 3.47. The first kappa shape index (κ1) is 14.4. The third kappa shape index (κ3) is 2.50. The maximum Gasteiger partial charge on any atom is 0.223 e. The lowest BCUT2D eigenvalue weighted by Gasteiger charge is -2.05.